The summed E-state index contributed by atoms with van der Waals surface area (Å²) in [5.41, 5.74) is 0.824. The van der Waals surface area contributed by atoms with E-state index in [4.69, 9.17) is 14.8 Å². The van der Waals surface area contributed by atoms with Gasteiger partial charge in [-0.3, -0.25) is 0 Å². The lowest BCUT2D eigenvalue weighted by molar-refractivity contribution is 0.0233. The van der Waals surface area contributed by atoms with Crippen LogP contribution in [0.5, 0.6) is 0 Å². The molecule has 1 rings (SSSR count). The molecule has 116 valence electrons. The minimum absolute atomic E-state index is 0.337. The van der Waals surface area contributed by atoms with Crippen LogP contribution in [0.25, 0.3) is 0 Å². The van der Waals surface area contributed by atoms with Crippen molar-refractivity contribution in [3.63, 3.8) is 0 Å². The number of carbonyl (C=O) groups excluding carboxylic acids is 1. The van der Waals surface area contributed by atoms with Gasteiger partial charge >= 0.3 is 13.2 Å². The molecular formula is C15H24BNO4. The van der Waals surface area contributed by atoms with Crippen molar-refractivity contribution in [1.82, 2.24) is 4.90 Å². The van der Waals surface area contributed by atoms with Gasteiger partial charge in [0.2, 0.25) is 0 Å². The van der Waals surface area contributed by atoms with E-state index < -0.39 is 12.7 Å². The second-order valence-corrected chi connectivity index (χ2v) is 6.02. The summed E-state index contributed by atoms with van der Waals surface area (Å²) in [7, 11) is -1.48. The van der Waals surface area contributed by atoms with Gasteiger partial charge in [0.05, 0.1) is 0 Å². The lowest BCUT2D eigenvalue weighted by Crippen LogP contribution is -2.37. The summed E-state index contributed by atoms with van der Waals surface area (Å²) in [6.07, 6.45) is 0.503. The smallest absolute Gasteiger partial charge is 0.444 e. The molecule has 0 saturated carbocycles. The number of ether oxygens (including phenoxy) is 1. The van der Waals surface area contributed by atoms with Crippen molar-refractivity contribution in [2.45, 2.75) is 46.3 Å². The summed E-state index contributed by atoms with van der Waals surface area (Å²) < 4.78 is 5.39. The highest BCUT2D eigenvalue weighted by molar-refractivity contribution is 6.58. The zero-order chi connectivity index (χ0) is 16.0. The van der Waals surface area contributed by atoms with E-state index in [0.717, 1.165) is 12.0 Å². The molecule has 2 N–H and O–H groups in total. The van der Waals surface area contributed by atoms with Gasteiger partial charge in [0.1, 0.15) is 5.60 Å². The molecule has 0 fully saturated rings. The van der Waals surface area contributed by atoms with Crippen LogP contribution in [0, 0.1) is 0 Å². The van der Waals surface area contributed by atoms with E-state index in [1.54, 1.807) is 29.2 Å². The average Bonchev–Trinajstić information content (AvgIpc) is 2.36. The Bertz CT molecular complexity index is 454. The van der Waals surface area contributed by atoms with Crippen molar-refractivity contribution in [2.24, 2.45) is 0 Å². The maximum Gasteiger partial charge on any atom is 0.488 e. The molecular weight excluding hydrogens is 269 g/mol. The number of amides is 1. The topological polar surface area (TPSA) is 70.0 Å². The molecule has 1 aromatic rings. The minimum Gasteiger partial charge on any atom is -0.444 e. The van der Waals surface area contributed by atoms with Gasteiger partial charge in [-0.15, -0.1) is 0 Å². The summed E-state index contributed by atoms with van der Waals surface area (Å²) in [6.45, 7) is 8.57. The Balaban J connectivity index is 2.75. The molecule has 0 bridgehead atoms. The standard InChI is InChI=1S/C15H24BNO4/c1-5-10-17(14(18)21-15(2,3)4)11-12-6-8-13(9-7-12)16(19)20/h6-9,19-20H,5,10-11H2,1-4H3. The van der Waals surface area contributed by atoms with Crippen LogP contribution >= 0.6 is 0 Å². The maximum absolute atomic E-state index is 12.2. The van der Waals surface area contributed by atoms with Crippen LogP contribution in [-0.4, -0.2) is 40.3 Å². The third-order valence-corrected chi connectivity index (χ3v) is 2.80. The molecule has 0 aliphatic rings. The van der Waals surface area contributed by atoms with E-state index in [1.165, 1.54) is 0 Å². The number of carbonyl (C=O) groups is 1. The molecule has 0 radical (unpaired) electrons. The first-order chi connectivity index (χ1) is 9.73. The van der Waals surface area contributed by atoms with Gasteiger partial charge in [-0.2, -0.15) is 0 Å². The summed E-state index contributed by atoms with van der Waals surface area (Å²) in [5.74, 6) is 0. The van der Waals surface area contributed by atoms with Crippen molar-refractivity contribution in [3.05, 3.63) is 29.8 Å². The van der Waals surface area contributed by atoms with Crippen molar-refractivity contribution >= 4 is 18.7 Å². The van der Waals surface area contributed by atoms with Crippen LogP contribution in [0.2, 0.25) is 0 Å². The molecule has 0 aromatic heterocycles. The number of benzene rings is 1. The Hall–Kier alpha value is -1.53. The van der Waals surface area contributed by atoms with E-state index >= 15 is 0 Å². The average molecular weight is 293 g/mol. The third kappa shape index (κ3) is 6.18. The Morgan fingerprint density at radius 2 is 1.81 bits per heavy atom. The lowest BCUT2D eigenvalue weighted by atomic mass is 9.80. The van der Waals surface area contributed by atoms with Gasteiger partial charge in [0.15, 0.2) is 0 Å². The monoisotopic (exact) mass is 293 g/mol. The van der Waals surface area contributed by atoms with E-state index in [-0.39, 0.29) is 6.09 Å². The number of nitrogens with zero attached hydrogens (tertiary/aromatic N) is 1. The summed E-state index contributed by atoms with van der Waals surface area (Å²) >= 11 is 0. The third-order valence-electron chi connectivity index (χ3n) is 2.80. The Labute approximate surface area is 126 Å². The maximum atomic E-state index is 12.2. The molecule has 0 aliphatic carbocycles. The first-order valence-corrected chi connectivity index (χ1v) is 7.16. The number of hydrogen-bond acceptors (Lipinski definition) is 4. The molecule has 0 atom stereocenters. The molecule has 6 heteroatoms. The number of rotatable bonds is 5. The van der Waals surface area contributed by atoms with Gasteiger partial charge in [0.25, 0.3) is 0 Å². The molecule has 0 heterocycles. The zero-order valence-electron chi connectivity index (χ0n) is 13.2. The molecule has 0 saturated heterocycles. The Morgan fingerprint density at radius 1 is 1.24 bits per heavy atom. The van der Waals surface area contributed by atoms with Crippen LogP contribution in [0.1, 0.15) is 39.7 Å². The fourth-order valence-electron chi connectivity index (χ4n) is 1.85. The van der Waals surface area contributed by atoms with Crippen molar-refractivity contribution in [3.8, 4) is 0 Å². The van der Waals surface area contributed by atoms with Crippen LogP contribution in [0.15, 0.2) is 24.3 Å². The highest BCUT2D eigenvalue weighted by Crippen LogP contribution is 2.13. The summed E-state index contributed by atoms with van der Waals surface area (Å²) in [5, 5.41) is 18.1. The van der Waals surface area contributed by atoms with Crippen LogP contribution in [0.4, 0.5) is 4.79 Å². The fraction of sp³-hybridized carbons (Fsp3) is 0.533. The van der Waals surface area contributed by atoms with E-state index in [0.29, 0.717) is 18.6 Å². The van der Waals surface area contributed by atoms with E-state index in [9.17, 15) is 4.79 Å². The fourth-order valence-corrected chi connectivity index (χ4v) is 1.85. The first kappa shape index (κ1) is 17.5. The largest absolute Gasteiger partial charge is 0.488 e. The number of hydrogen-bond donors (Lipinski definition) is 2. The van der Waals surface area contributed by atoms with Gasteiger partial charge in [-0.05, 0) is 38.2 Å². The highest BCUT2D eigenvalue weighted by atomic mass is 16.6. The molecule has 1 aromatic carbocycles. The molecule has 0 unspecified atom stereocenters. The van der Waals surface area contributed by atoms with Crippen molar-refractivity contribution in [1.29, 1.82) is 0 Å². The quantitative estimate of drug-likeness (QED) is 0.807. The van der Waals surface area contributed by atoms with Crippen LogP contribution in [-0.2, 0) is 11.3 Å². The van der Waals surface area contributed by atoms with Gasteiger partial charge < -0.3 is 19.7 Å². The molecule has 0 aliphatic heterocycles. The lowest BCUT2D eigenvalue weighted by Gasteiger charge is -2.27. The first-order valence-electron chi connectivity index (χ1n) is 7.16. The van der Waals surface area contributed by atoms with Crippen LogP contribution < -0.4 is 5.46 Å². The normalized spacial score (nSPS) is 11.1. The van der Waals surface area contributed by atoms with Gasteiger partial charge in [0, 0.05) is 13.1 Å². The van der Waals surface area contributed by atoms with Crippen LogP contribution in [0.3, 0.4) is 0 Å². The van der Waals surface area contributed by atoms with E-state index in [2.05, 4.69) is 0 Å². The zero-order valence-corrected chi connectivity index (χ0v) is 13.2. The van der Waals surface area contributed by atoms with Crippen molar-refractivity contribution in [2.75, 3.05) is 6.54 Å². The Morgan fingerprint density at radius 3 is 2.24 bits per heavy atom. The second kappa shape index (κ2) is 7.47. The molecule has 21 heavy (non-hydrogen) atoms. The Kier molecular flexibility index (Phi) is 6.24. The summed E-state index contributed by atoms with van der Waals surface area (Å²) in [4.78, 5) is 13.8. The SMILES string of the molecule is CCCN(Cc1ccc(B(O)O)cc1)C(=O)OC(C)(C)C. The second-order valence-electron chi connectivity index (χ2n) is 6.02. The van der Waals surface area contributed by atoms with Gasteiger partial charge in [-0.25, -0.2) is 4.79 Å². The molecule has 1 amide bonds. The molecule has 0 spiro atoms. The van der Waals surface area contributed by atoms with Gasteiger partial charge in [-0.1, -0.05) is 31.2 Å². The summed E-state index contributed by atoms with van der Waals surface area (Å²) in [6, 6.07) is 6.84. The molecule has 5 nitrogen and oxygen atoms in total. The highest BCUT2D eigenvalue weighted by Gasteiger charge is 2.21. The van der Waals surface area contributed by atoms with E-state index in [1.807, 2.05) is 27.7 Å². The van der Waals surface area contributed by atoms with Crippen molar-refractivity contribution < 1.29 is 19.6 Å². The predicted molar refractivity (Wildman–Crippen MR) is 83.2 cm³/mol. The minimum atomic E-state index is -1.48. The predicted octanol–water partition coefficient (Wildman–Crippen LogP) is 1.51.